The highest BCUT2D eigenvalue weighted by atomic mass is 19.4. The first kappa shape index (κ1) is 36.4. The van der Waals surface area contributed by atoms with Gasteiger partial charge in [-0.2, -0.15) is 22.0 Å². The summed E-state index contributed by atoms with van der Waals surface area (Å²) < 4.78 is 84.3. The number of nitrogens with zero attached hydrogens (tertiary/aromatic N) is 4. The van der Waals surface area contributed by atoms with Gasteiger partial charge in [-0.25, -0.2) is 0 Å². The Labute approximate surface area is 285 Å². The number of halogens is 5. The number of aliphatic hydroxyl groups excluding tert-OH is 1. The predicted molar refractivity (Wildman–Crippen MR) is 172 cm³/mol. The molecule has 5 rings (SSSR count). The van der Waals surface area contributed by atoms with Gasteiger partial charge in [0.25, 0.3) is 11.8 Å². The summed E-state index contributed by atoms with van der Waals surface area (Å²) in [5.41, 5.74) is -2.84. The maximum Gasteiger partial charge on any atom is 0.417 e. The maximum atomic E-state index is 14.8. The molecule has 0 bridgehead atoms. The number of anilines is 1. The van der Waals surface area contributed by atoms with Crippen LogP contribution in [0.1, 0.15) is 35.2 Å². The van der Waals surface area contributed by atoms with E-state index in [2.05, 4.69) is 16.3 Å². The molecule has 0 spiro atoms. The van der Waals surface area contributed by atoms with Crippen molar-refractivity contribution in [1.82, 2.24) is 14.8 Å². The average molecular weight is 705 g/mol. The lowest BCUT2D eigenvalue weighted by Crippen LogP contribution is -2.69. The normalized spacial score (nSPS) is 19.7. The van der Waals surface area contributed by atoms with Crippen molar-refractivity contribution in [3.05, 3.63) is 90.8 Å². The molecule has 3 heterocycles. The molecule has 2 aromatic carbocycles. The predicted octanol–water partition coefficient (Wildman–Crippen LogP) is 5.42. The minimum Gasteiger partial charge on any atom is -0.489 e. The second-order valence-corrected chi connectivity index (χ2v) is 11.7. The van der Waals surface area contributed by atoms with Crippen molar-refractivity contribution in [2.45, 2.75) is 43.7 Å². The molecule has 0 saturated carbocycles. The summed E-state index contributed by atoms with van der Waals surface area (Å²) in [5.74, 6) is -0.925. The van der Waals surface area contributed by atoms with Crippen LogP contribution in [0, 0.1) is 0 Å². The summed E-state index contributed by atoms with van der Waals surface area (Å²) in [6, 6.07) is 12.1. The number of piperidine rings is 1. The lowest BCUT2D eigenvalue weighted by Gasteiger charge is -2.50. The zero-order valence-electron chi connectivity index (χ0n) is 27.0. The van der Waals surface area contributed by atoms with E-state index >= 15 is 0 Å². The molecular weight excluding hydrogens is 667 g/mol. The lowest BCUT2D eigenvalue weighted by atomic mass is 9.80. The molecule has 2 atom stereocenters. The highest BCUT2D eigenvalue weighted by Crippen LogP contribution is 2.40. The van der Waals surface area contributed by atoms with Gasteiger partial charge < -0.3 is 34.0 Å². The Hall–Kier alpha value is -4.92. The van der Waals surface area contributed by atoms with Gasteiger partial charge in [-0.15, -0.1) is 6.58 Å². The van der Waals surface area contributed by atoms with Crippen molar-refractivity contribution in [3.8, 4) is 17.2 Å². The zero-order chi connectivity index (χ0) is 35.9. The van der Waals surface area contributed by atoms with Crippen LogP contribution >= 0.6 is 0 Å². The van der Waals surface area contributed by atoms with Gasteiger partial charge in [0.05, 0.1) is 29.5 Å². The summed E-state index contributed by atoms with van der Waals surface area (Å²) >= 11 is 0. The average Bonchev–Trinajstić information content (AvgIpc) is 3.11. The van der Waals surface area contributed by atoms with E-state index < -0.39 is 47.4 Å². The molecule has 2 unspecified atom stereocenters. The molecule has 2 aliphatic heterocycles. The number of ether oxygens (including phenoxy) is 3. The number of rotatable bonds is 12. The highest BCUT2D eigenvalue weighted by molar-refractivity contribution is 5.97. The van der Waals surface area contributed by atoms with E-state index in [9.17, 15) is 36.6 Å². The second-order valence-electron chi connectivity index (χ2n) is 11.7. The van der Waals surface area contributed by atoms with Crippen LogP contribution in [0.15, 0.2) is 79.6 Å². The van der Waals surface area contributed by atoms with Gasteiger partial charge in [0, 0.05) is 51.5 Å². The fourth-order valence-corrected chi connectivity index (χ4v) is 6.50. The fourth-order valence-electron chi connectivity index (χ4n) is 6.50. The fraction of sp³-hybridized carbons (Fsp3) is 0.400. The largest absolute Gasteiger partial charge is 0.489 e. The molecule has 1 aromatic heterocycles. The number of piperazine rings is 1. The molecule has 0 radical (unpaired) electrons. The van der Waals surface area contributed by atoms with Crippen LogP contribution in [0.5, 0.6) is 17.2 Å². The van der Waals surface area contributed by atoms with Gasteiger partial charge in [0.1, 0.15) is 23.9 Å². The number of benzene rings is 2. The maximum absolute atomic E-state index is 14.8. The minimum atomic E-state index is -4.84. The molecular formula is C35H37F5N4O6. The Morgan fingerprint density at radius 1 is 1.02 bits per heavy atom. The van der Waals surface area contributed by atoms with Crippen LogP contribution in [0.4, 0.5) is 27.6 Å². The van der Waals surface area contributed by atoms with Gasteiger partial charge in [-0.1, -0.05) is 18.2 Å². The topological polar surface area (TPSA) is 105 Å². The number of likely N-dealkylation sites (tertiary alicyclic amines) is 1. The third kappa shape index (κ3) is 7.93. The number of alkyl halides is 5. The molecule has 0 aliphatic carbocycles. The van der Waals surface area contributed by atoms with Crippen molar-refractivity contribution in [3.63, 3.8) is 0 Å². The van der Waals surface area contributed by atoms with Crippen LogP contribution in [0.25, 0.3) is 0 Å². The molecule has 2 aliphatic rings. The third-order valence-electron chi connectivity index (χ3n) is 8.70. The Morgan fingerprint density at radius 2 is 1.72 bits per heavy atom. The first-order valence-electron chi connectivity index (χ1n) is 16.0. The van der Waals surface area contributed by atoms with Crippen molar-refractivity contribution >= 4 is 17.5 Å². The van der Waals surface area contributed by atoms with E-state index in [1.807, 2.05) is 23.1 Å². The Morgan fingerprint density at radius 3 is 2.38 bits per heavy atom. The van der Waals surface area contributed by atoms with Crippen LogP contribution in [0.2, 0.25) is 0 Å². The van der Waals surface area contributed by atoms with Crippen molar-refractivity contribution in [2.24, 2.45) is 0 Å². The van der Waals surface area contributed by atoms with Crippen molar-refractivity contribution < 1.29 is 50.9 Å². The highest BCUT2D eigenvalue weighted by Gasteiger charge is 2.55. The summed E-state index contributed by atoms with van der Waals surface area (Å²) in [6.45, 7) is 1.95. The Kier molecular flexibility index (Phi) is 11.5. The molecule has 3 aromatic rings. The Balaban J connectivity index is 1.49. The Bertz CT molecular complexity index is 1630. The monoisotopic (exact) mass is 704 g/mol. The number of carbonyl (C=O) groups is 2. The number of hydrogen-bond acceptors (Lipinski definition) is 8. The quantitative estimate of drug-likeness (QED) is 0.197. The standard InChI is InChI=1S/C35H37F5N4O6/c1-2-6-30-34(50-25-11-9-24(10-12-25)49-33(36)37,14-5-16-44(30)31(46)26-23-41-15-13-27(26)35(38,39)40)32(47)43-19-17-42(18-20-43)28-7-3-4-8-29(28)48-22-21-45/h2-4,7-13,15,23,30,33,45H,1,5-6,14,16-22H2. The third-order valence-corrected chi connectivity index (χ3v) is 8.70. The van der Waals surface area contributed by atoms with E-state index in [1.165, 1.54) is 35.2 Å². The molecule has 50 heavy (non-hydrogen) atoms. The molecule has 1 N–H and O–H groups in total. The van der Waals surface area contributed by atoms with Crippen LogP contribution in [-0.4, -0.2) is 95.9 Å². The second kappa shape index (κ2) is 15.7. The molecule has 2 fully saturated rings. The number of carbonyl (C=O) groups excluding carboxylic acids is 2. The van der Waals surface area contributed by atoms with Gasteiger partial charge in [-0.3, -0.25) is 14.6 Å². The van der Waals surface area contributed by atoms with Gasteiger partial charge in [-0.05, 0) is 55.3 Å². The molecule has 15 heteroatoms. The van der Waals surface area contributed by atoms with Gasteiger partial charge in [0.15, 0.2) is 0 Å². The molecule has 268 valence electrons. The number of para-hydroxylation sites is 2. The lowest BCUT2D eigenvalue weighted by molar-refractivity contribution is -0.159. The smallest absolute Gasteiger partial charge is 0.417 e. The van der Waals surface area contributed by atoms with E-state index in [0.29, 0.717) is 18.8 Å². The SMILES string of the molecule is C=CCC1N(C(=O)c2cnccc2C(F)(F)F)CCCC1(Oc1ccc(OC(F)F)cc1)C(=O)N1CCN(c2ccccc2OCCO)CC1. The summed E-state index contributed by atoms with van der Waals surface area (Å²) in [7, 11) is 0. The number of hydrogen-bond donors (Lipinski definition) is 1. The van der Waals surface area contributed by atoms with Gasteiger partial charge in [0.2, 0.25) is 5.60 Å². The zero-order valence-corrected chi connectivity index (χ0v) is 27.0. The summed E-state index contributed by atoms with van der Waals surface area (Å²) in [4.78, 5) is 37.4. The van der Waals surface area contributed by atoms with Crippen LogP contribution in [-0.2, 0) is 11.0 Å². The van der Waals surface area contributed by atoms with E-state index in [1.54, 1.807) is 11.0 Å². The molecule has 2 amide bonds. The van der Waals surface area contributed by atoms with Crippen LogP contribution < -0.4 is 19.1 Å². The van der Waals surface area contributed by atoms with Crippen molar-refractivity contribution in [1.29, 1.82) is 0 Å². The summed E-state index contributed by atoms with van der Waals surface area (Å²) in [5, 5.41) is 9.24. The molecule has 10 nitrogen and oxygen atoms in total. The first-order chi connectivity index (χ1) is 24.0. The van der Waals surface area contributed by atoms with Gasteiger partial charge >= 0.3 is 12.8 Å². The minimum absolute atomic E-state index is 0.0127. The van der Waals surface area contributed by atoms with E-state index in [4.69, 9.17) is 9.47 Å². The number of amides is 2. The first-order valence-corrected chi connectivity index (χ1v) is 16.0. The van der Waals surface area contributed by atoms with Crippen molar-refractivity contribution in [2.75, 3.05) is 50.8 Å². The number of aliphatic hydroxyl groups is 1. The van der Waals surface area contributed by atoms with E-state index in [0.717, 1.165) is 24.1 Å². The van der Waals surface area contributed by atoms with Crippen LogP contribution in [0.3, 0.4) is 0 Å². The molecule has 2 saturated heterocycles. The number of aromatic nitrogens is 1. The number of pyridine rings is 1. The van der Waals surface area contributed by atoms with E-state index in [-0.39, 0.29) is 63.6 Å². The summed E-state index contributed by atoms with van der Waals surface area (Å²) in [6.07, 6.45) is -1.28.